The summed E-state index contributed by atoms with van der Waals surface area (Å²) in [7, 11) is 3.45. The average molecular weight is 243 g/mol. The van der Waals surface area contributed by atoms with E-state index in [0.717, 1.165) is 0 Å². The fraction of sp³-hybridized carbons (Fsp3) is 0.417. The maximum Gasteiger partial charge on any atom is 0.305 e. The standard InChI is InChI=1S/C12H15F2NO2/c1-15(2)10(7-11(16)17)8-4-3-5-9(6-8)12(13)14/h3-6,10,12H,7H2,1-2H3,(H,16,17). The number of halogens is 2. The second-order valence-electron chi connectivity index (χ2n) is 4.05. The quantitative estimate of drug-likeness (QED) is 0.864. The molecule has 0 spiro atoms. The molecule has 0 fully saturated rings. The fourth-order valence-electron chi connectivity index (χ4n) is 1.67. The summed E-state index contributed by atoms with van der Waals surface area (Å²) in [5.74, 6) is -0.953. The van der Waals surface area contributed by atoms with Gasteiger partial charge < -0.3 is 10.0 Å². The fourth-order valence-corrected chi connectivity index (χ4v) is 1.67. The monoisotopic (exact) mass is 243 g/mol. The summed E-state index contributed by atoms with van der Waals surface area (Å²) in [6, 6.07) is 5.49. The first-order valence-electron chi connectivity index (χ1n) is 5.18. The first-order chi connectivity index (χ1) is 7.91. The third kappa shape index (κ3) is 3.78. The first-order valence-corrected chi connectivity index (χ1v) is 5.18. The van der Waals surface area contributed by atoms with Crippen molar-refractivity contribution in [3.8, 4) is 0 Å². The Labute approximate surface area is 98.7 Å². The number of carboxylic acid groups (broad SMARTS) is 1. The van der Waals surface area contributed by atoms with E-state index < -0.39 is 18.4 Å². The first kappa shape index (κ1) is 13.6. The van der Waals surface area contributed by atoms with Gasteiger partial charge >= 0.3 is 5.97 Å². The van der Waals surface area contributed by atoms with Gasteiger partial charge in [0, 0.05) is 11.6 Å². The van der Waals surface area contributed by atoms with Crippen molar-refractivity contribution in [1.82, 2.24) is 4.90 Å². The van der Waals surface area contributed by atoms with E-state index in [4.69, 9.17) is 5.11 Å². The Balaban J connectivity index is 3.01. The minimum Gasteiger partial charge on any atom is -0.481 e. The van der Waals surface area contributed by atoms with Gasteiger partial charge in [-0.2, -0.15) is 0 Å². The van der Waals surface area contributed by atoms with Crippen LogP contribution in [0.3, 0.4) is 0 Å². The van der Waals surface area contributed by atoms with Gasteiger partial charge in [0.05, 0.1) is 6.42 Å². The van der Waals surface area contributed by atoms with Crippen LogP contribution < -0.4 is 0 Å². The maximum atomic E-state index is 12.5. The molecule has 0 aliphatic heterocycles. The van der Waals surface area contributed by atoms with Gasteiger partial charge in [-0.05, 0) is 25.7 Å². The lowest BCUT2D eigenvalue weighted by molar-refractivity contribution is -0.138. The molecule has 17 heavy (non-hydrogen) atoms. The number of aliphatic carboxylic acids is 1. The molecular weight excluding hydrogens is 228 g/mol. The van der Waals surface area contributed by atoms with Crippen LogP contribution >= 0.6 is 0 Å². The maximum absolute atomic E-state index is 12.5. The Morgan fingerprint density at radius 2 is 1.94 bits per heavy atom. The molecule has 3 nitrogen and oxygen atoms in total. The number of carboxylic acids is 1. The Morgan fingerprint density at radius 1 is 1.35 bits per heavy atom. The van der Waals surface area contributed by atoms with Crippen molar-refractivity contribution in [2.75, 3.05) is 14.1 Å². The molecule has 0 saturated carbocycles. The molecule has 0 radical (unpaired) electrons. The molecule has 0 aliphatic carbocycles. The summed E-state index contributed by atoms with van der Waals surface area (Å²) >= 11 is 0. The highest BCUT2D eigenvalue weighted by atomic mass is 19.3. The molecule has 0 heterocycles. The van der Waals surface area contributed by atoms with Crippen molar-refractivity contribution in [2.45, 2.75) is 18.9 Å². The lowest BCUT2D eigenvalue weighted by Gasteiger charge is -2.23. The van der Waals surface area contributed by atoms with Gasteiger partial charge in [0.25, 0.3) is 6.43 Å². The van der Waals surface area contributed by atoms with Crippen molar-refractivity contribution in [3.05, 3.63) is 35.4 Å². The second-order valence-corrected chi connectivity index (χ2v) is 4.05. The minimum atomic E-state index is -2.54. The van der Waals surface area contributed by atoms with Crippen molar-refractivity contribution < 1.29 is 18.7 Å². The number of hydrogen-bond donors (Lipinski definition) is 1. The SMILES string of the molecule is CN(C)C(CC(=O)O)c1cccc(C(F)F)c1. The Bertz CT molecular complexity index is 394. The number of alkyl halides is 2. The Kier molecular flexibility index (Phi) is 4.57. The van der Waals surface area contributed by atoms with Crippen molar-refractivity contribution >= 4 is 5.97 Å². The lowest BCUT2D eigenvalue weighted by Crippen LogP contribution is -2.22. The van der Waals surface area contributed by atoms with Crippen LogP contribution in [0.2, 0.25) is 0 Å². The predicted octanol–water partition coefficient (Wildman–Crippen LogP) is 2.70. The molecule has 94 valence electrons. The second kappa shape index (κ2) is 5.72. The summed E-state index contributed by atoms with van der Waals surface area (Å²) in [4.78, 5) is 12.4. The van der Waals surface area contributed by atoms with Gasteiger partial charge in [-0.25, -0.2) is 8.78 Å². The molecule has 0 saturated heterocycles. The number of nitrogens with zero attached hydrogens (tertiary/aromatic N) is 1. The van der Waals surface area contributed by atoms with Crippen LogP contribution in [-0.4, -0.2) is 30.1 Å². The molecular formula is C12H15F2NO2. The van der Waals surface area contributed by atoms with Crippen LogP contribution in [0.25, 0.3) is 0 Å². The predicted molar refractivity (Wildman–Crippen MR) is 60.1 cm³/mol. The van der Waals surface area contributed by atoms with E-state index in [0.29, 0.717) is 5.56 Å². The van der Waals surface area contributed by atoms with E-state index in [2.05, 4.69) is 0 Å². The lowest BCUT2D eigenvalue weighted by atomic mass is 10.0. The van der Waals surface area contributed by atoms with Crippen LogP contribution in [-0.2, 0) is 4.79 Å². The number of hydrogen-bond acceptors (Lipinski definition) is 2. The van der Waals surface area contributed by atoms with E-state index in [1.54, 1.807) is 25.1 Å². The average Bonchev–Trinajstić information content (AvgIpc) is 2.25. The van der Waals surface area contributed by atoms with Gasteiger partial charge in [-0.1, -0.05) is 18.2 Å². The van der Waals surface area contributed by atoms with Gasteiger partial charge in [0.2, 0.25) is 0 Å². The van der Waals surface area contributed by atoms with Crippen LogP contribution in [0.1, 0.15) is 30.0 Å². The summed E-state index contributed by atoms with van der Waals surface area (Å²) in [6.45, 7) is 0. The van der Waals surface area contributed by atoms with Crippen LogP contribution in [0.15, 0.2) is 24.3 Å². The molecule has 0 amide bonds. The molecule has 1 unspecified atom stereocenters. The molecule has 1 atom stereocenters. The van der Waals surface area contributed by atoms with Crippen molar-refractivity contribution in [2.24, 2.45) is 0 Å². The van der Waals surface area contributed by atoms with Gasteiger partial charge in [-0.3, -0.25) is 4.79 Å². The summed E-state index contributed by atoms with van der Waals surface area (Å²) in [5.41, 5.74) is 0.509. The smallest absolute Gasteiger partial charge is 0.305 e. The minimum absolute atomic E-state index is 0.0836. The molecule has 0 aliphatic rings. The van der Waals surface area contributed by atoms with E-state index in [1.807, 2.05) is 0 Å². The molecule has 1 aromatic carbocycles. The summed E-state index contributed by atoms with van der Waals surface area (Å²) in [5, 5.41) is 8.80. The topological polar surface area (TPSA) is 40.5 Å². The number of carbonyl (C=O) groups is 1. The number of rotatable bonds is 5. The molecule has 0 bridgehead atoms. The molecule has 0 aromatic heterocycles. The summed E-state index contributed by atoms with van der Waals surface area (Å²) < 4.78 is 25.1. The zero-order valence-electron chi connectivity index (χ0n) is 9.73. The van der Waals surface area contributed by atoms with Crippen LogP contribution in [0.4, 0.5) is 8.78 Å². The van der Waals surface area contributed by atoms with Crippen LogP contribution in [0, 0.1) is 0 Å². The Morgan fingerprint density at radius 3 is 2.41 bits per heavy atom. The highest BCUT2D eigenvalue weighted by molar-refractivity contribution is 5.68. The zero-order chi connectivity index (χ0) is 13.0. The molecule has 1 N–H and O–H groups in total. The normalized spacial score (nSPS) is 13.1. The third-order valence-electron chi connectivity index (χ3n) is 2.54. The van der Waals surface area contributed by atoms with Gasteiger partial charge in [-0.15, -0.1) is 0 Å². The highest BCUT2D eigenvalue weighted by Crippen LogP contribution is 2.26. The van der Waals surface area contributed by atoms with Crippen molar-refractivity contribution in [3.63, 3.8) is 0 Å². The highest BCUT2D eigenvalue weighted by Gasteiger charge is 2.19. The van der Waals surface area contributed by atoms with Crippen molar-refractivity contribution in [1.29, 1.82) is 0 Å². The van der Waals surface area contributed by atoms with E-state index in [1.165, 1.54) is 18.2 Å². The molecule has 1 aromatic rings. The van der Waals surface area contributed by atoms with Gasteiger partial charge in [0.15, 0.2) is 0 Å². The largest absolute Gasteiger partial charge is 0.481 e. The molecule has 5 heteroatoms. The third-order valence-corrected chi connectivity index (χ3v) is 2.54. The van der Waals surface area contributed by atoms with E-state index in [-0.39, 0.29) is 12.0 Å². The van der Waals surface area contributed by atoms with Gasteiger partial charge in [0.1, 0.15) is 0 Å². The molecule has 1 rings (SSSR count). The van der Waals surface area contributed by atoms with E-state index in [9.17, 15) is 13.6 Å². The summed E-state index contributed by atoms with van der Waals surface area (Å²) in [6.07, 6.45) is -2.65. The van der Waals surface area contributed by atoms with Crippen LogP contribution in [0.5, 0.6) is 0 Å². The Hall–Kier alpha value is -1.49. The van der Waals surface area contributed by atoms with E-state index >= 15 is 0 Å². The number of benzene rings is 1. The zero-order valence-corrected chi connectivity index (χ0v) is 9.73.